The third kappa shape index (κ3) is 5.37. The van der Waals surface area contributed by atoms with Crippen molar-refractivity contribution in [2.45, 2.75) is 32.7 Å². The van der Waals surface area contributed by atoms with E-state index in [1.165, 1.54) is 12.1 Å². The highest BCUT2D eigenvalue weighted by Gasteiger charge is 2.19. The molecule has 0 saturated carbocycles. The summed E-state index contributed by atoms with van der Waals surface area (Å²) in [5.74, 6) is 0.686. The molecule has 2 heterocycles. The second-order valence-electron chi connectivity index (χ2n) is 6.70. The standard InChI is InChI=1S/C20H22N6O4/c1-13(16-6-3-4-10-21-16)23-17-9-8-15(12-18(17)26(28)29)20(27)22-11-5-7-19-24-14(2)25-30-19/h3-4,6,8-10,12-13,23H,5,7,11H2,1-2H3,(H,22,27). The van der Waals surface area contributed by atoms with Crippen LogP contribution in [0, 0.1) is 17.0 Å². The van der Waals surface area contributed by atoms with E-state index in [1.807, 2.05) is 19.1 Å². The molecule has 0 radical (unpaired) electrons. The minimum atomic E-state index is -0.512. The summed E-state index contributed by atoms with van der Waals surface area (Å²) in [7, 11) is 0. The maximum atomic E-state index is 12.4. The number of hydrogen-bond acceptors (Lipinski definition) is 8. The lowest BCUT2D eigenvalue weighted by molar-refractivity contribution is -0.384. The van der Waals surface area contributed by atoms with E-state index < -0.39 is 4.92 Å². The summed E-state index contributed by atoms with van der Waals surface area (Å²) in [5.41, 5.74) is 1.12. The van der Waals surface area contributed by atoms with Crippen molar-refractivity contribution in [3.05, 3.63) is 75.7 Å². The molecule has 1 aromatic carbocycles. The second-order valence-corrected chi connectivity index (χ2v) is 6.70. The van der Waals surface area contributed by atoms with E-state index in [-0.39, 0.29) is 23.2 Å². The number of nitrogens with one attached hydrogen (secondary N) is 2. The Morgan fingerprint density at radius 1 is 1.30 bits per heavy atom. The van der Waals surface area contributed by atoms with E-state index in [0.717, 1.165) is 5.69 Å². The van der Waals surface area contributed by atoms with Crippen LogP contribution in [0.5, 0.6) is 0 Å². The lowest BCUT2D eigenvalue weighted by Crippen LogP contribution is -2.25. The molecule has 30 heavy (non-hydrogen) atoms. The van der Waals surface area contributed by atoms with E-state index in [1.54, 1.807) is 25.3 Å². The topological polar surface area (TPSA) is 136 Å². The molecule has 10 heteroatoms. The van der Waals surface area contributed by atoms with Crippen molar-refractivity contribution in [2.24, 2.45) is 0 Å². The minimum Gasteiger partial charge on any atom is -0.371 e. The molecule has 1 atom stereocenters. The molecule has 0 aliphatic rings. The van der Waals surface area contributed by atoms with Crippen LogP contribution < -0.4 is 10.6 Å². The lowest BCUT2D eigenvalue weighted by atomic mass is 10.1. The molecule has 0 fully saturated rings. The van der Waals surface area contributed by atoms with Crippen LogP contribution in [0.3, 0.4) is 0 Å². The summed E-state index contributed by atoms with van der Waals surface area (Å²) in [6, 6.07) is 9.60. The predicted octanol–water partition coefficient (Wildman–Crippen LogP) is 3.22. The van der Waals surface area contributed by atoms with Gasteiger partial charge in [-0.15, -0.1) is 0 Å². The van der Waals surface area contributed by atoms with Gasteiger partial charge in [-0.25, -0.2) is 0 Å². The zero-order chi connectivity index (χ0) is 21.5. The van der Waals surface area contributed by atoms with Gasteiger partial charge in [0.05, 0.1) is 16.7 Å². The molecule has 1 amide bonds. The number of hydrogen-bond donors (Lipinski definition) is 2. The fourth-order valence-corrected chi connectivity index (χ4v) is 2.87. The summed E-state index contributed by atoms with van der Waals surface area (Å²) in [5, 5.41) is 21.1. The lowest BCUT2D eigenvalue weighted by Gasteiger charge is -2.15. The number of anilines is 1. The maximum absolute atomic E-state index is 12.4. The third-order valence-electron chi connectivity index (χ3n) is 4.38. The van der Waals surface area contributed by atoms with Crippen molar-refractivity contribution in [1.82, 2.24) is 20.4 Å². The van der Waals surface area contributed by atoms with Gasteiger partial charge in [0.2, 0.25) is 5.89 Å². The number of nitrogens with zero attached hydrogens (tertiary/aromatic N) is 4. The Hall–Kier alpha value is -3.82. The fourth-order valence-electron chi connectivity index (χ4n) is 2.87. The number of rotatable bonds is 9. The molecular formula is C20H22N6O4. The first-order valence-corrected chi connectivity index (χ1v) is 9.47. The summed E-state index contributed by atoms with van der Waals surface area (Å²) >= 11 is 0. The number of carbonyl (C=O) groups is 1. The van der Waals surface area contributed by atoms with Crippen LogP contribution in [0.4, 0.5) is 11.4 Å². The first kappa shape index (κ1) is 20.9. The molecule has 0 aliphatic carbocycles. The van der Waals surface area contributed by atoms with Crippen molar-refractivity contribution in [1.29, 1.82) is 0 Å². The van der Waals surface area contributed by atoms with Gasteiger partial charge in [-0.05, 0) is 44.5 Å². The molecule has 0 saturated heterocycles. The number of aryl methyl sites for hydroxylation is 2. The zero-order valence-electron chi connectivity index (χ0n) is 16.7. The summed E-state index contributed by atoms with van der Waals surface area (Å²) in [6.45, 7) is 3.97. The van der Waals surface area contributed by atoms with Crippen molar-refractivity contribution in [3.63, 3.8) is 0 Å². The van der Waals surface area contributed by atoms with E-state index in [4.69, 9.17) is 4.52 Å². The molecule has 2 N–H and O–H groups in total. The van der Waals surface area contributed by atoms with E-state index >= 15 is 0 Å². The third-order valence-corrected chi connectivity index (χ3v) is 4.38. The molecular weight excluding hydrogens is 388 g/mol. The monoisotopic (exact) mass is 410 g/mol. The van der Waals surface area contributed by atoms with Gasteiger partial charge in [0.1, 0.15) is 5.69 Å². The van der Waals surface area contributed by atoms with Gasteiger partial charge in [-0.1, -0.05) is 11.2 Å². The Morgan fingerprint density at radius 3 is 2.80 bits per heavy atom. The molecule has 10 nitrogen and oxygen atoms in total. The minimum absolute atomic E-state index is 0.174. The summed E-state index contributed by atoms with van der Waals surface area (Å²) < 4.78 is 5.01. The van der Waals surface area contributed by atoms with Crippen molar-refractivity contribution >= 4 is 17.3 Å². The number of aromatic nitrogens is 3. The first-order valence-electron chi connectivity index (χ1n) is 9.47. The van der Waals surface area contributed by atoms with Gasteiger partial charge >= 0.3 is 0 Å². The Balaban J connectivity index is 1.62. The van der Waals surface area contributed by atoms with Gasteiger partial charge < -0.3 is 15.2 Å². The highest BCUT2D eigenvalue weighted by Crippen LogP contribution is 2.28. The zero-order valence-corrected chi connectivity index (χ0v) is 16.7. The first-order chi connectivity index (χ1) is 14.4. The normalized spacial score (nSPS) is 11.7. The molecule has 3 aromatic rings. The van der Waals surface area contributed by atoms with Crippen LogP contribution in [-0.4, -0.2) is 32.5 Å². The maximum Gasteiger partial charge on any atom is 0.293 e. The van der Waals surface area contributed by atoms with Crippen LogP contribution in [0.2, 0.25) is 0 Å². The van der Waals surface area contributed by atoms with E-state index in [0.29, 0.717) is 36.8 Å². The molecule has 0 spiro atoms. The molecule has 3 rings (SSSR count). The fraction of sp³-hybridized carbons (Fsp3) is 0.300. The highest BCUT2D eigenvalue weighted by molar-refractivity contribution is 5.95. The number of carbonyl (C=O) groups excluding carboxylic acids is 1. The van der Waals surface area contributed by atoms with Crippen LogP contribution in [0.15, 0.2) is 47.1 Å². The predicted molar refractivity (Wildman–Crippen MR) is 109 cm³/mol. The van der Waals surface area contributed by atoms with Crippen molar-refractivity contribution < 1.29 is 14.2 Å². The molecule has 0 bridgehead atoms. The van der Waals surface area contributed by atoms with Gasteiger partial charge in [-0.2, -0.15) is 4.98 Å². The summed E-state index contributed by atoms with van der Waals surface area (Å²) in [4.78, 5) is 31.7. The Morgan fingerprint density at radius 2 is 2.13 bits per heavy atom. The van der Waals surface area contributed by atoms with Crippen LogP contribution in [0.25, 0.3) is 0 Å². The smallest absolute Gasteiger partial charge is 0.293 e. The second kappa shape index (κ2) is 9.59. The Labute approximate surface area is 172 Å². The number of amides is 1. The van der Waals surface area contributed by atoms with Crippen molar-refractivity contribution in [3.8, 4) is 0 Å². The average molecular weight is 410 g/mol. The molecule has 0 aliphatic heterocycles. The number of nitro benzene ring substituents is 1. The van der Waals surface area contributed by atoms with Crippen LogP contribution >= 0.6 is 0 Å². The molecule has 2 aromatic heterocycles. The summed E-state index contributed by atoms with van der Waals surface area (Å²) in [6.07, 6.45) is 2.81. The Bertz CT molecular complexity index is 1020. The van der Waals surface area contributed by atoms with Gasteiger partial charge in [0.25, 0.3) is 11.6 Å². The highest BCUT2D eigenvalue weighted by atomic mass is 16.6. The van der Waals surface area contributed by atoms with Crippen molar-refractivity contribution in [2.75, 3.05) is 11.9 Å². The average Bonchev–Trinajstić information content (AvgIpc) is 3.16. The van der Waals surface area contributed by atoms with Crippen LogP contribution in [0.1, 0.15) is 47.2 Å². The Kier molecular flexibility index (Phi) is 6.68. The quantitative estimate of drug-likeness (QED) is 0.312. The number of nitro groups is 1. The largest absolute Gasteiger partial charge is 0.371 e. The number of pyridine rings is 1. The SMILES string of the molecule is Cc1noc(CCCNC(=O)c2ccc(NC(C)c3ccccn3)c([N+](=O)[O-])c2)n1. The number of benzene rings is 1. The van der Waals surface area contributed by atoms with Gasteiger partial charge in [-0.3, -0.25) is 19.9 Å². The molecule has 1 unspecified atom stereocenters. The van der Waals surface area contributed by atoms with E-state index in [2.05, 4.69) is 25.8 Å². The molecule has 156 valence electrons. The van der Waals surface area contributed by atoms with E-state index in [9.17, 15) is 14.9 Å². The van der Waals surface area contributed by atoms with Gasteiger partial charge in [0, 0.05) is 30.8 Å². The van der Waals surface area contributed by atoms with Gasteiger partial charge in [0.15, 0.2) is 5.82 Å². The van der Waals surface area contributed by atoms with Crippen LogP contribution in [-0.2, 0) is 6.42 Å².